The largest absolute Gasteiger partial charge is 0.489 e. The van der Waals surface area contributed by atoms with Crippen LogP contribution >= 0.6 is 24.0 Å². The predicted molar refractivity (Wildman–Crippen MR) is 116 cm³/mol. The molecule has 3 rings (SSSR count). The molecule has 2 N–H and O–H groups in total. The Kier molecular flexibility index (Phi) is 8.61. The molecule has 2 aromatic carbocycles. The number of nitrogens with two attached hydrogens (primary N) is 1. The maximum absolute atomic E-state index is 12.7. The highest BCUT2D eigenvalue weighted by molar-refractivity contribution is 6.30. The highest BCUT2D eigenvalue weighted by atomic mass is 35.5. The van der Waals surface area contributed by atoms with Gasteiger partial charge in [0, 0.05) is 24.2 Å². The molecule has 1 heterocycles. The molecule has 152 valence electrons. The van der Waals surface area contributed by atoms with Crippen LogP contribution < -0.4 is 10.5 Å². The van der Waals surface area contributed by atoms with Gasteiger partial charge in [-0.2, -0.15) is 0 Å². The lowest BCUT2D eigenvalue weighted by Crippen LogP contribution is -2.45. The van der Waals surface area contributed by atoms with Crippen molar-refractivity contribution in [2.75, 3.05) is 13.1 Å². The number of rotatable bonds is 6. The van der Waals surface area contributed by atoms with Crippen LogP contribution in [0, 0.1) is 5.92 Å². The van der Waals surface area contributed by atoms with Gasteiger partial charge in [-0.25, -0.2) is 0 Å². The molecular formula is C22H28Cl2N2O2. The Bertz CT molecular complexity index is 783. The van der Waals surface area contributed by atoms with Crippen LogP contribution in [0.15, 0.2) is 48.5 Å². The average molecular weight is 423 g/mol. The Morgan fingerprint density at radius 1 is 1.25 bits per heavy atom. The number of hydrogen-bond acceptors (Lipinski definition) is 3. The van der Waals surface area contributed by atoms with Gasteiger partial charge in [-0.05, 0) is 61.1 Å². The van der Waals surface area contributed by atoms with Crippen molar-refractivity contribution in [3.05, 3.63) is 64.7 Å². The van der Waals surface area contributed by atoms with Crippen LogP contribution in [0.3, 0.4) is 0 Å². The number of likely N-dealkylation sites (tertiary alicyclic amines) is 1. The number of ether oxygens (including phenoxy) is 1. The second-order valence-electron chi connectivity index (χ2n) is 7.34. The molecule has 1 aliphatic rings. The van der Waals surface area contributed by atoms with Crippen molar-refractivity contribution in [3.8, 4) is 5.75 Å². The van der Waals surface area contributed by atoms with Crippen molar-refractivity contribution in [2.45, 2.75) is 38.8 Å². The number of nitrogens with zero attached hydrogens (tertiary/aromatic N) is 1. The van der Waals surface area contributed by atoms with Gasteiger partial charge in [-0.1, -0.05) is 35.9 Å². The van der Waals surface area contributed by atoms with Crippen molar-refractivity contribution in [1.29, 1.82) is 0 Å². The van der Waals surface area contributed by atoms with Crippen molar-refractivity contribution >= 4 is 29.9 Å². The molecule has 0 aromatic heterocycles. The van der Waals surface area contributed by atoms with E-state index in [1.54, 1.807) is 0 Å². The van der Waals surface area contributed by atoms with Crippen molar-refractivity contribution in [1.82, 2.24) is 4.90 Å². The van der Waals surface area contributed by atoms with E-state index in [2.05, 4.69) is 0 Å². The minimum absolute atomic E-state index is 0. The van der Waals surface area contributed by atoms with Gasteiger partial charge in [0.05, 0.1) is 6.42 Å². The first-order valence-corrected chi connectivity index (χ1v) is 9.88. The van der Waals surface area contributed by atoms with Crippen LogP contribution in [-0.4, -0.2) is 29.9 Å². The van der Waals surface area contributed by atoms with Gasteiger partial charge in [-0.3, -0.25) is 4.79 Å². The third-order valence-electron chi connectivity index (χ3n) is 5.10. The lowest BCUT2D eigenvalue weighted by atomic mass is 9.92. The third kappa shape index (κ3) is 6.40. The molecule has 0 saturated carbocycles. The fraction of sp³-hybridized carbons (Fsp3) is 0.409. The van der Waals surface area contributed by atoms with E-state index in [0.29, 0.717) is 24.0 Å². The normalized spacial score (nSPS) is 17.5. The number of halogens is 2. The van der Waals surface area contributed by atoms with E-state index < -0.39 is 0 Å². The second kappa shape index (κ2) is 10.7. The van der Waals surface area contributed by atoms with Crippen molar-refractivity contribution in [3.63, 3.8) is 0 Å². The van der Waals surface area contributed by atoms with Crippen LogP contribution in [0.4, 0.5) is 0 Å². The van der Waals surface area contributed by atoms with Crippen LogP contribution in [0.1, 0.15) is 30.9 Å². The van der Waals surface area contributed by atoms with Crippen LogP contribution in [0.25, 0.3) is 0 Å². The monoisotopic (exact) mass is 422 g/mol. The maximum Gasteiger partial charge on any atom is 0.227 e. The van der Waals surface area contributed by atoms with E-state index in [-0.39, 0.29) is 24.4 Å². The molecule has 1 amide bonds. The standard InChI is InChI=1S/C22H27ClN2O2.ClH/c1-16(24)19-7-4-10-25(14-19)22(26)13-17-5-3-9-21(12-17)27-15-18-6-2-8-20(23)11-18;/h2-3,5-6,8-9,11-12,16,19H,4,7,10,13-15,24H2,1H3;1H. The van der Waals surface area contributed by atoms with Gasteiger partial charge in [0.2, 0.25) is 5.91 Å². The molecule has 1 aliphatic heterocycles. The number of piperidine rings is 1. The summed E-state index contributed by atoms with van der Waals surface area (Å²) in [5, 5.41) is 0.696. The number of hydrogen-bond donors (Lipinski definition) is 1. The van der Waals surface area contributed by atoms with Gasteiger partial charge in [0.15, 0.2) is 0 Å². The summed E-state index contributed by atoms with van der Waals surface area (Å²) in [5.41, 5.74) is 8.01. The Morgan fingerprint density at radius 3 is 2.75 bits per heavy atom. The molecule has 2 unspecified atom stereocenters. The fourth-order valence-corrected chi connectivity index (χ4v) is 3.70. The minimum atomic E-state index is 0. The molecule has 0 spiro atoms. The van der Waals surface area contributed by atoms with Crippen molar-refractivity contribution < 1.29 is 9.53 Å². The summed E-state index contributed by atoms with van der Waals surface area (Å²) < 4.78 is 5.86. The molecule has 1 saturated heterocycles. The average Bonchev–Trinajstić information content (AvgIpc) is 2.67. The Hall–Kier alpha value is -1.75. The van der Waals surface area contributed by atoms with Gasteiger partial charge >= 0.3 is 0 Å². The van der Waals surface area contributed by atoms with E-state index in [1.165, 1.54) is 0 Å². The zero-order valence-corrected chi connectivity index (χ0v) is 17.7. The smallest absolute Gasteiger partial charge is 0.227 e. The Balaban J connectivity index is 0.00000280. The first-order valence-electron chi connectivity index (χ1n) is 9.51. The minimum Gasteiger partial charge on any atom is -0.489 e. The molecule has 28 heavy (non-hydrogen) atoms. The summed E-state index contributed by atoms with van der Waals surface area (Å²) >= 11 is 6.01. The molecule has 1 fully saturated rings. The van der Waals surface area contributed by atoms with Gasteiger partial charge < -0.3 is 15.4 Å². The lowest BCUT2D eigenvalue weighted by Gasteiger charge is -2.34. The molecule has 4 nitrogen and oxygen atoms in total. The van der Waals surface area contributed by atoms with Gasteiger partial charge in [-0.15, -0.1) is 12.4 Å². The molecule has 2 atom stereocenters. The summed E-state index contributed by atoms with van der Waals surface area (Å²) in [5.74, 6) is 1.31. The summed E-state index contributed by atoms with van der Waals surface area (Å²) in [6.45, 7) is 4.06. The van der Waals surface area contributed by atoms with Crippen LogP contribution in [0.2, 0.25) is 5.02 Å². The number of carbonyl (C=O) groups is 1. The van der Waals surface area contributed by atoms with E-state index in [9.17, 15) is 4.79 Å². The molecule has 0 bridgehead atoms. The van der Waals surface area contributed by atoms with Crippen molar-refractivity contribution in [2.24, 2.45) is 11.7 Å². The molecule has 0 radical (unpaired) electrons. The first kappa shape index (κ1) is 22.5. The highest BCUT2D eigenvalue weighted by Gasteiger charge is 2.25. The molecule has 0 aliphatic carbocycles. The topological polar surface area (TPSA) is 55.6 Å². The number of amides is 1. The fourth-order valence-electron chi connectivity index (χ4n) is 3.49. The van der Waals surface area contributed by atoms with E-state index in [0.717, 1.165) is 42.8 Å². The van der Waals surface area contributed by atoms with E-state index in [4.69, 9.17) is 22.1 Å². The number of benzene rings is 2. The summed E-state index contributed by atoms with van der Waals surface area (Å²) in [7, 11) is 0. The van der Waals surface area contributed by atoms with E-state index >= 15 is 0 Å². The second-order valence-corrected chi connectivity index (χ2v) is 7.78. The maximum atomic E-state index is 12.7. The SMILES string of the molecule is CC(N)C1CCCN(C(=O)Cc2cccc(OCc3cccc(Cl)c3)c2)C1.Cl. The van der Waals surface area contributed by atoms with Gasteiger partial charge in [0.25, 0.3) is 0 Å². The first-order chi connectivity index (χ1) is 13.0. The summed E-state index contributed by atoms with van der Waals surface area (Å²) in [4.78, 5) is 14.6. The predicted octanol–water partition coefficient (Wildman–Crippen LogP) is 4.47. The van der Waals surface area contributed by atoms with Crippen LogP contribution in [-0.2, 0) is 17.8 Å². The quantitative estimate of drug-likeness (QED) is 0.746. The number of carbonyl (C=O) groups excluding carboxylic acids is 1. The molecule has 2 aromatic rings. The zero-order chi connectivity index (χ0) is 19.2. The third-order valence-corrected chi connectivity index (χ3v) is 5.34. The Morgan fingerprint density at radius 2 is 2.00 bits per heavy atom. The molecular weight excluding hydrogens is 395 g/mol. The van der Waals surface area contributed by atoms with Gasteiger partial charge in [0.1, 0.15) is 12.4 Å². The summed E-state index contributed by atoms with van der Waals surface area (Å²) in [6, 6.07) is 15.5. The zero-order valence-electron chi connectivity index (χ0n) is 16.1. The van der Waals surface area contributed by atoms with Crippen LogP contribution in [0.5, 0.6) is 5.75 Å². The summed E-state index contributed by atoms with van der Waals surface area (Å²) in [6.07, 6.45) is 2.52. The highest BCUT2D eigenvalue weighted by Crippen LogP contribution is 2.21. The lowest BCUT2D eigenvalue weighted by molar-refractivity contribution is -0.132. The Labute approximate surface area is 178 Å². The van der Waals surface area contributed by atoms with E-state index in [1.807, 2.05) is 60.4 Å². The molecule has 6 heteroatoms.